The van der Waals surface area contributed by atoms with Gasteiger partial charge in [-0.25, -0.2) is 0 Å². The van der Waals surface area contributed by atoms with Crippen LogP contribution in [0.25, 0.3) is 0 Å². The van der Waals surface area contributed by atoms with Gasteiger partial charge in [0.1, 0.15) is 5.75 Å². The number of benzene rings is 2. The Bertz CT molecular complexity index is 849. The predicted molar refractivity (Wildman–Crippen MR) is 120 cm³/mol. The minimum absolute atomic E-state index is 0.535. The molecule has 0 spiro atoms. The lowest BCUT2D eigenvalue weighted by Crippen LogP contribution is -2.39. The van der Waals surface area contributed by atoms with Crippen LogP contribution in [0.2, 0.25) is 0 Å². The molecule has 0 bridgehead atoms. The highest BCUT2D eigenvalue weighted by atomic mass is 16.5. The van der Waals surface area contributed by atoms with Gasteiger partial charge < -0.3 is 19.9 Å². The molecule has 0 amide bonds. The second-order valence-corrected chi connectivity index (χ2v) is 7.65. The largest absolute Gasteiger partial charge is 0.497 e. The van der Waals surface area contributed by atoms with Crippen molar-refractivity contribution < 1.29 is 4.74 Å². The van der Waals surface area contributed by atoms with Crippen LogP contribution in [0.15, 0.2) is 65.7 Å². The van der Waals surface area contributed by atoms with Gasteiger partial charge in [-0.2, -0.15) is 0 Å². The van der Waals surface area contributed by atoms with Gasteiger partial charge in [0.2, 0.25) is 0 Å². The van der Waals surface area contributed by atoms with Crippen molar-refractivity contribution in [2.75, 3.05) is 45.2 Å². The van der Waals surface area contributed by atoms with E-state index in [9.17, 15) is 0 Å². The van der Waals surface area contributed by atoms with E-state index >= 15 is 0 Å². The molecule has 1 fully saturated rings. The van der Waals surface area contributed by atoms with Gasteiger partial charge in [-0.15, -0.1) is 0 Å². The molecule has 0 aromatic heterocycles. The zero-order valence-corrected chi connectivity index (χ0v) is 17.3. The molecule has 29 heavy (non-hydrogen) atoms. The number of likely N-dealkylation sites (tertiary alicyclic amines) is 1. The van der Waals surface area contributed by atoms with Crippen LogP contribution in [-0.2, 0) is 6.54 Å². The second kappa shape index (κ2) is 9.03. The van der Waals surface area contributed by atoms with Gasteiger partial charge in [0.05, 0.1) is 7.11 Å². The number of nitrogens with zero attached hydrogens (tertiary/aromatic N) is 3. The first-order valence-electron chi connectivity index (χ1n) is 10.4. The van der Waals surface area contributed by atoms with Crippen molar-refractivity contribution in [3.8, 4) is 5.75 Å². The Kier molecular flexibility index (Phi) is 6.03. The number of guanidine groups is 1. The van der Waals surface area contributed by atoms with Gasteiger partial charge in [-0.05, 0) is 41.8 Å². The summed E-state index contributed by atoms with van der Waals surface area (Å²) >= 11 is 0. The molecule has 0 saturated carbocycles. The van der Waals surface area contributed by atoms with E-state index in [4.69, 9.17) is 4.74 Å². The Hall–Kier alpha value is -2.95. The third kappa shape index (κ3) is 4.56. The van der Waals surface area contributed by atoms with E-state index in [1.165, 1.54) is 16.8 Å². The molecule has 5 heteroatoms. The molecular weight excluding hydrogens is 360 g/mol. The van der Waals surface area contributed by atoms with Gasteiger partial charge in [0, 0.05) is 51.4 Å². The number of methoxy groups -OCH3 is 1. The van der Waals surface area contributed by atoms with Crippen molar-refractivity contribution >= 4 is 11.6 Å². The van der Waals surface area contributed by atoms with E-state index < -0.39 is 0 Å². The van der Waals surface area contributed by atoms with E-state index in [-0.39, 0.29) is 0 Å². The fourth-order valence-corrected chi connectivity index (χ4v) is 4.13. The fourth-order valence-electron chi connectivity index (χ4n) is 4.13. The molecule has 4 rings (SSSR count). The molecule has 2 heterocycles. The fraction of sp³-hybridized carbons (Fsp3) is 0.375. The summed E-state index contributed by atoms with van der Waals surface area (Å²) < 4.78 is 5.27. The number of anilines is 1. The van der Waals surface area contributed by atoms with Gasteiger partial charge in [-0.1, -0.05) is 36.4 Å². The van der Waals surface area contributed by atoms with Crippen molar-refractivity contribution in [3.05, 3.63) is 71.8 Å². The number of hydrogen-bond acceptors (Lipinski definition) is 3. The SMILES string of the molecule is CN=C(NCc1ccc(N2CC=CC2)cc1)N1CCC(c2ccc(OC)cc2)C1. The first kappa shape index (κ1) is 19.4. The highest BCUT2D eigenvalue weighted by Gasteiger charge is 2.26. The first-order valence-corrected chi connectivity index (χ1v) is 10.4. The summed E-state index contributed by atoms with van der Waals surface area (Å²) in [7, 11) is 3.58. The number of aliphatic imine (C=N–C) groups is 1. The molecule has 5 nitrogen and oxygen atoms in total. The van der Waals surface area contributed by atoms with Crippen LogP contribution in [0.1, 0.15) is 23.5 Å². The summed E-state index contributed by atoms with van der Waals surface area (Å²) in [5.74, 6) is 2.43. The zero-order valence-electron chi connectivity index (χ0n) is 17.3. The molecule has 0 radical (unpaired) electrons. The minimum Gasteiger partial charge on any atom is -0.497 e. The molecule has 1 atom stereocenters. The number of rotatable bonds is 5. The Morgan fingerprint density at radius 3 is 2.45 bits per heavy atom. The van der Waals surface area contributed by atoms with E-state index in [2.05, 4.69) is 68.7 Å². The highest BCUT2D eigenvalue weighted by molar-refractivity contribution is 5.80. The Morgan fingerprint density at radius 1 is 1.07 bits per heavy atom. The van der Waals surface area contributed by atoms with Crippen molar-refractivity contribution in [2.24, 2.45) is 4.99 Å². The molecule has 2 aromatic rings. The highest BCUT2D eigenvalue weighted by Crippen LogP contribution is 2.28. The summed E-state index contributed by atoms with van der Waals surface area (Å²) in [6.07, 6.45) is 5.58. The predicted octanol–water partition coefficient (Wildman–Crippen LogP) is 3.64. The van der Waals surface area contributed by atoms with Crippen LogP contribution in [-0.4, -0.2) is 51.2 Å². The maximum absolute atomic E-state index is 5.27. The van der Waals surface area contributed by atoms with Crippen LogP contribution >= 0.6 is 0 Å². The summed E-state index contributed by atoms with van der Waals surface area (Å²) in [5, 5.41) is 3.54. The van der Waals surface area contributed by atoms with Gasteiger partial charge in [0.15, 0.2) is 5.96 Å². The summed E-state index contributed by atoms with van der Waals surface area (Å²) in [6.45, 7) is 4.82. The van der Waals surface area contributed by atoms with Crippen molar-refractivity contribution in [3.63, 3.8) is 0 Å². The minimum atomic E-state index is 0.535. The van der Waals surface area contributed by atoms with Crippen molar-refractivity contribution in [1.82, 2.24) is 10.2 Å². The average molecular weight is 391 g/mol. The quantitative estimate of drug-likeness (QED) is 0.481. The zero-order chi connectivity index (χ0) is 20.1. The van der Waals surface area contributed by atoms with E-state index in [1.54, 1.807) is 7.11 Å². The van der Waals surface area contributed by atoms with Crippen LogP contribution in [0.3, 0.4) is 0 Å². The number of nitrogens with one attached hydrogen (secondary N) is 1. The van der Waals surface area contributed by atoms with Crippen molar-refractivity contribution in [2.45, 2.75) is 18.9 Å². The first-order chi connectivity index (χ1) is 14.3. The standard InChI is InChI=1S/C24H30N4O/c1-25-24(26-17-19-5-9-22(10-6-19)27-14-3-4-15-27)28-16-13-21(18-28)20-7-11-23(29-2)12-8-20/h3-12,21H,13-18H2,1-2H3,(H,25,26). The molecule has 152 valence electrons. The Morgan fingerprint density at radius 2 is 1.79 bits per heavy atom. The maximum atomic E-state index is 5.27. The van der Waals surface area contributed by atoms with Crippen LogP contribution < -0.4 is 15.0 Å². The maximum Gasteiger partial charge on any atom is 0.193 e. The number of hydrogen-bond donors (Lipinski definition) is 1. The molecule has 2 aliphatic heterocycles. The van der Waals surface area contributed by atoms with Crippen LogP contribution in [0, 0.1) is 0 Å². The Labute approximate surface area is 173 Å². The number of ether oxygens (including phenoxy) is 1. The summed E-state index contributed by atoms with van der Waals surface area (Å²) in [4.78, 5) is 9.24. The molecule has 0 aliphatic carbocycles. The van der Waals surface area contributed by atoms with Crippen LogP contribution in [0.4, 0.5) is 5.69 Å². The van der Waals surface area contributed by atoms with E-state index in [1.807, 2.05) is 19.2 Å². The molecule has 2 aromatic carbocycles. The third-order valence-corrected chi connectivity index (χ3v) is 5.86. The smallest absolute Gasteiger partial charge is 0.193 e. The lowest BCUT2D eigenvalue weighted by Gasteiger charge is -2.22. The Balaban J connectivity index is 1.31. The molecular formula is C24H30N4O. The second-order valence-electron chi connectivity index (χ2n) is 7.65. The molecule has 1 saturated heterocycles. The summed E-state index contributed by atoms with van der Waals surface area (Å²) in [6, 6.07) is 17.3. The molecule has 1 unspecified atom stereocenters. The van der Waals surface area contributed by atoms with Crippen LogP contribution in [0.5, 0.6) is 5.75 Å². The third-order valence-electron chi connectivity index (χ3n) is 5.86. The molecule has 2 aliphatic rings. The van der Waals surface area contributed by atoms with E-state index in [0.717, 1.165) is 50.9 Å². The lowest BCUT2D eigenvalue weighted by molar-refractivity contribution is 0.414. The van der Waals surface area contributed by atoms with E-state index in [0.29, 0.717) is 5.92 Å². The van der Waals surface area contributed by atoms with Gasteiger partial charge in [0.25, 0.3) is 0 Å². The monoisotopic (exact) mass is 390 g/mol. The van der Waals surface area contributed by atoms with Gasteiger partial charge >= 0.3 is 0 Å². The summed E-state index contributed by atoms with van der Waals surface area (Å²) in [5.41, 5.74) is 3.92. The topological polar surface area (TPSA) is 40.1 Å². The lowest BCUT2D eigenvalue weighted by atomic mass is 9.98. The average Bonchev–Trinajstić information content (AvgIpc) is 3.48. The van der Waals surface area contributed by atoms with Crippen molar-refractivity contribution in [1.29, 1.82) is 0 Å². The van der Waals surface area contributed by atoms with Gasteiger partial charge in [-0.3, -0.25) is 4.99 Å². The molecule has 1 N–H and O–H groups in total. The normalized spacial score (nSPS) is 19.1.